The highest BCUT2D eigenvalue weighted by Crippen LogP contribution is 2.45. The Kier molecular flexibility index (Phi) is 8.38. The lowest BCUT2D eigenvalue weighted by Crippen LogP contribution is -2.29. The number of carbonyl (C=O) groups excluding carboxylic acids is 1. The third-order valence-electron chi connectivity index (χ3n) is 7.52. The summed E-state index contributed by atoms with van der Waals surface area (Å²) >= 11 is 12.5. The van der Waals surface area contributed by atoms with E-state index in [1.54, 1.807) is 30.5 Å². The number of anilines is 2. The number of carbonyl (C=O) groups is 1. The van der Waals surface area contributed by atoms with Gasteiger partial charge in [0.2, 0.25) is 5.91 Å². The molecule has 222 valence electrons. The van der Waals surface area contributed by atoms with Crippen LogP contribution in [0.15, 0.2) is 66.9 Å². The molecule has 0 bridgehead atoms. The second kappa shape index (κ2) is 12.0. The van der Waals surface area contributed by atoms with Crippen molar-refractivity contribution in [1.82, 2.24) is 14.9 Å². The summed E-state index contributed by atoms with van der Waals surface area (Å²) in [6.45, 7) is 7.47. The average Bonchev–Trinajstić information content (AvgIpc) is 3.48. The highest BCUT2D eigenvalue weighted by Gasteiger charge is 2.42. The largest absolute Gasteiger partial charge is 0.496 e. The van der Waals surface area contributed by atoms with Crippen molar-refractivity contribution >= 4 is 51.9 Å². The van der Waals surface area contributed by atoms with Gasteiger partial charge in [0, 0.05) is 29.2 Å². The van der Waals surface area contributed by atoms with Gasteiger partial charge in [-0.15, -0.1) is 0 Å². The van der Waals surface area contributed by atoms with E-state index in [4.69, 9.17) is 28.6 Å². The van der Waals surface area contributed by atoms with Crippen LogP contribution in [-0.2, 0) is 4.79 Å². The van der Waals surface area contributed by atoms with Crippen molar-refractivity contribution in [3.63, 3.8) is 0 Å². The molecule has 0 aliphatic carbocycles. The zero-order chi connectivity index (χ0) is 31.0. The molecule has 1 aliphatic rings. The summed E-state index contributed by atoms with van der Waals surface area (Å²) in [7, 11) is 1.47. The molecule has 1 fully saturated rings. The highest BCUT2D eigenvalue weighted by molar-refractivity contribution is 7.80. The molecule has 3 heterocycles. The number of aryl methyl sites for hydroxylation is 1. The number of hydrogen-bond donors (Lipinski definition) is 2. The predicted octanol–water partition coefficient (Wildman–Crippen LogP) is 6.83. The van der Waals surface area contributed by atoms with Crippen LogP contribution >= 0.6 is 23.8 Å². The Morgan fingerprint density at radius 1 is 1.16 bits per heavy atom. The van der Waals surface area contributed by atoms with E-state index in [1.165, 1.54) is 13.2 Å². The van der Waals surface area contributed by atoms with Crippen molar-refractivity contribution in [3.8, 4) is 11.4 Å². The quantitative estimate of drug-likeness (QED) is 0.125. The number of aromatic nitrogens is 2. The number of pyridine rings is 1. The molecule has 10 nitrogen and oxygen atoms in total. The van der Waals surface area contributed by atoms with Crippen LogP contribution in [0.25, 0.3) is 5.69 Å². The van der Waals surface area contributed by atoms with Crippen molar-refractivity contribution < 1.29 is 14.5 Å². The fraction of sp³-hybridized carbons (Fsp3) is 0.258. The summed E-state index contributed by atoms with van der Waals surface area (Å²) in [5.41, 5.74) is 4.87. The minimum absolute atomic E-state index is 0.0725. The Hall–Kier alpha value is -4.48. The van der Waals surface area contributed by atoms with Gasteiger partial charge in [0.05, 0.1) is 46.6 Å². The monoisotopic (exact) mass is 618 g/mol. The molecule has 0 saturated carbocycles. The molecule has 1 aliphatic heterocycles. The Labute approximate surface area is 259 Å². The zero-order valence-corrected chi connectivity index (χ0v) is 25.9. The lowest BCUT2D eigenvalue weighted by molar-refractivity contribution is -0.384. The third-order valence-corrected chi connectivity index (χ3v) is 8.15. The van der Waals surface area contributed by atoms with Crippen LogP contribution in [0.5, 0.6) is 5.75 Å². The molecule has 43 heavy (non-hydrogen) atoms. The highest BCUT2D eigenvalue weighted by atomic mass is 35.5. The molecule has 0 spiro atoms. The first-order valence-electron chi connectivity index (χ1n) is 13.6. The van der Waals surface area contributed by atoms with Crippen LogP contribution in [0, 0.1) is 29.9 Å². The lowest BCUT2D eigenvalue weighted by Gasteiger charge is -2.28. The first-order valence-corrected chi connectivity index (χ1v) is 14.4. The van der Waals surface area contributed by atoms with Crippen molar-refractivity contribution in [3.05, 3.63) is 105 Å². The number of hydrogen-bond acceptors (Lipinski definition) is 6. The standard InChI is InChI=1S/C31H31ClN6O4S/c1-17(2)30(39)34-24-11-9-20(15-23(24)32)37-29(28(35-31(37)43)25-8-6-7-13-33-25)22-14-18(3)36(19(22)4)26-12-10-21(42-5)16-27(26)38(40)41/h6-17,28-29H,1-5H3,(H,34,39)(H,35,43). The molecular formula is C31H31ClN6O4S. The number of thiocarbonyl (C=S) groups is 1. The van der Waals surface area contributed by atoms with Crippen LogP contribution < -0.4 is 20.3 Å². The van der Waals surface area contributed by atoms with Crippen LogP contribution in [-0.4, -0.2) is 32.6 Å². The number of nitrogens with one attached hydrogen (secondary N) is 2. The van der Waals surface area contributed by atoms with Gasteiger partial charge in [0.25, 0.3) is 5.69 Å². The predicted molar refractivity (Wildman–Crippen MR) is 171 cm³/mol. The van der Waals surface area contributed by atoms with Crippen LogP contribution in [0.1, 0.15) is 48.6 Å². The molecule has 4 aromatic rings. The van der Waals surface area contributed by atoms with E-state index in [2.05, 4.69) is 15.6 Å². The van der Waals surface area contributed by atoms with Gasteiger partial charge < -0.3 is 24.8 Å². The minimum atomic E-state index is -0.409. The molecule has 2 unspecified atom stereocenters. The normalized spacial score (nSPS) is 16.3. The van der Waals surface area contributed by atoms with Gasteiger partial charge in [-0.25, -0.2) is 0 Å². The maximum Gasteiger partial charge on any atom is 0.296 e. The second-order valence-corrected chi connectivity index (χ2v) is 11.4. The smallest absolute Gasteiger partial charge is 0.296 e. The van der Waals surface area contributed by atoms with E-state index in [9.17, 15) is 14.9 Å². The number of nitro groups is 1. The van der Waals surface area contributed by atoms with Crippen molar-refractivity contribution in [2.75, 3.05) is 17.3 Å². The molecule has 12 heteroatoms. The maximum atomic E-state index is 12.3. The summed E-state index contributed by atoms with van der Waals surface area (Å²) in [5, 5.41) is 19.2. The first kappa shape index (κ1) is 30.0. The van der Waals surface area contributed by atoms with Gasteiger partial charge in [0.15, 0.2) is 5.11 Å². The number of methoxy groups -OCH3 is 1. The van der Waals surface area contributed by atoms with Crippen LogP contribution in [0.3, 0.4) is 0 Å². The topological polar surface area (TPSA) is 115 Å². The fourth-order valence-electron chi connectivity index (χ4n) is 5.40. The van der Waals surface area contributed by atoms with Gasteiger partial charge >= 0.3 is 0 Å². The third kappa shape index (κ3) is 5.65. The molecule has 5 rings (SSSR count). The molecule has 2 N–H and O–H groups in total. The summed E-state index contributed by atoms with van der Waals surface area (Å²) in [4.78, 5) is 30.6. The Morgan fingerprint density at radius 3 is 2.56 bits per heavy atom. The van der Waals surface area contributed by atoms with Gasteiger partial charge in [-0.1, -0.05) is 31.5 Å². The number of ether oxygens (including phenoxy) is 1. The van der Waals surface area contributed by atoms with Crippen molar-refractivity contribution in [2.24, 2.45) is 5.92 Å². The van der Waals surface area contributed by atoms with Gasteiger partial charge in [-0.05, 0) is 80.2 Å². The van der Waals surface area contributed by atoms with Gasteiger partial charge in [-0.3, -0.25) is 19.9 Å². The minimum Gasteiger partial charge on any atom is -0.496 e. The summed E-state index contributed by atoms with van der Waals surface area (Å²) in [5.74, 6) is 0.0577. The molecule has 0 radical (unpaired) electrons. The zero-order valence-electron chi connectivity index (χ0n) is 24.3. The number of rotatable bonds is 8. The van der Waals surface area contributed by atoms with Gasteiger partial charge in [-0.2, -0.15) is 0 Å². The number of amides is 1. The lowest BCUT2D eigenvalue weighted by atomic mass is 9.96. The Morgan fingerprint density at radius 2 is 1.93 bits per heavy atom. The van der Waals surface area contributed by atoms with E-state index >= 15 is 0 Å². The Balaban J connectivity index is 1.65. The van der Waals surface area contributed by atoms with E-state index < -0.39 is 4.92 Å². The number of halogens is 1. The molecule has 1 amide bonds. The molecule has 2 aromatic carbocycles. The molecule has 2 aromatic heterocycles. The van der Waals surface area contributed by atoms with Crippen molar-refractivity contribution in [1.29, 1.82) is 0 Å². The summed E-state index contributed by atoms with van der Waals surface area (Å²) in [6.07, 6.45) is 1.73. The van der Waals surface area contributed by atoms with E-state index in [0.717, 1.165) is 22.6 Å². The number of nitro benzene ring substituents is 1. The average molecular weight is 619 g/mol. The summed E-state index contributed by atoms with van der Waals surface area (Å²) in [6, 6.07) is 17.2. The SMILES string of the molecule is COc1ccc(-n2c(C)cc(C3C(c4ccccn4)NC(=S)N3c3ccc(NC(=O)C(C)C)c(Cl)c3)c2C)c([N+](=O)[O-])c1. The summed E-state index contributed by atoms with van der Waals surface area (Å²) < 4.78 is 7.12. The maximum absolute atomic E-state index is 12.3. The molecular weight excluding hydrogens is 588 g/mol. The van der Waals surface area contributed by atoms with Gasteiger partial charge in [0.1, 0.15) is 11.4 Å². The van der Waals surface area contributed by atoms with Crippen LogP contribution in [0.2, 0.25) is 5.02 Å². The first-order chi connectivity index (χ1) is 20.5. The Bertz CT molecular complexity index is 1720. The second-order valence-electron chi connectivity index (χ2n) is 10.6. The van der Waals surface area contributed by atoms with Crippen molar-refractivity contribution in [2.45, 2.75) is 39.8 Å². The van der Waals surface area contributed by atoms with Crippen LogP contribution in [0.4, 0.5) is 17.1 Å². The molecule has 1 saturated heterocycles. The van der Waals surface area contributed by atoms with E-state index in [0.29, 0.717) is 32.9 Å². The number of benzene rings is 2. The fourth-order valence-corrected chi connectivity index (χ4v) is 5.97. The van der Waals surface area contributed by atoms with E-state index in [-0.39, 0.29) is 29.6 Å². The number of nitrogens with zero attached hydrogens (tertiary/aromatic N) is 4. The molecule has 2 atom stereocenters. The van der Waals surface area contributed by atoms with E-state index in [1.807, 2.05) is 67.5 Å².